The lowest BCUT2D eigenvalue weighted by Crippen LogP contribution is -2.50. The van der Waals surface area contributed by atoms with E-state index in [4.69, 9.17) is 4.74 Å². The van der Waals surface area contributed by atoms with Crippen molar-refractivity contribution in [1.29, 1.82) is 0 Å². The van der Waals surface area contributed by atoms with Crippen molar-refractivity contribution in [2.75, 3.05) is 24.6 Å². The molecular formula is C26H29N9O4. The van der Waals surface area contributed by atoms with Gasteiger partial charge >= 0.3 is 6.09 Å². The van der Waals surface area contributed by atoms with Crippen LogP contribution in [0, 0.1) is 0 Å². The van der Waals surface area contributed by atoms with Gasteiger partial charge < -0.3 is 34.9 Å². The summed E-state index contributed by atoms with van der Waals surface area (Å²) in [7, 11) is 0. The van der Waals surface area contributed by atoms with E-state index >= 15 is 0 Å². The van der Waals surface area contributed by atoms with Gasteiger partial charge in [0.15, 0.2) is 11.5 Å². The fraction of sp³-hybridized carbons (Fsp3) is 0.385. The van der Waals surface area contributed by atoms with Gasteiger partial charge in [0.25, 0.3) is 0 Å². The Kier molecular flexibility index (Phi) is 6.69. The maximum absolute atomic E-state index is 13.4. The molecule has 0 saturated carbocycles. The molecule has 0 bridgehead atoms. The van der Waals surface area contributed by atoms with E-state index in [0.717, 1.165) is 47.6 Å². The average Bonchev–Trinajstić information content (AvgIpc) is 3.72. The molecular weight excluding hydrogens is 502 g/mol. The molecule has 0 spiro atoms. The summed E-state index contributed by atoms with van der Waals surface area (Å²) < 4.78 is 6.40. The van der Waals surface area contributed by atoms with Crippen molar-refractivity contribution in [2.45, 2.75) is 44.3 Å². The van der Waals surface area contributed by atoms with Crippen molar-refractivity contribution in [3.63, 3.8) is 0 Å². The van der Waals surface area contributed by atoms with E-state index in [1.54, 1.807) is 17.4 Å². The van der Waals surface area contributed by atoms with E-state index in [9.17, 15) is 14.7 Å². The van der Waals surface area contributed by atoms with Crippen LogP contribution in [0.15, 0.2) is 43.4 Å². The largest absolute Gasteiger partial charge is 0.491 e. The number of carbonyl (C=O) groups is 2. The molecule has 1 aromatic carbocycles. The Morgan fingerprint density at radius 1 is 1.18 bits per heavy atom. The average molecular weight is 532 g/mol. The normalized spacial score (nSPS) is 17.7. The van der Waals surface area contributed by atoms with Crippen LogP contribution in [0.5, 0.6) is 5.75 Å². The number of hydrogen-bond donors (Lipinski definition) is 4. The highest BCUT2D eigenvalue weighted by atomic mass is 16.5. The molecule has 2 aliphatic rings. The summed E-state index contributed by atoms with van der Waals surface area (Å²) in [5.41, 5.74) is 4.22. The molecule has 39 heavy (non-hydrogen) atoms. The molecule has 4 N–H and O–H groups in total. The topological polar surface area (TPSA) is 165 Å². The van der Waals surface area contributed by atoms with Gasteiger partial charge in [-0.15, -0.1) is 0 Å². The molecule has 6 rings (SSSR count). The van der Waals surface area contributed by atoms with Gasteiger partial charge in [0, 0.05) is 43.5 Å². The van der Waals surface area contributed by atoms with Crippen LogP contribution in [0.3, 0.4) is 0 Å². The number of H-pyrrole nitrogens is 2. The standard InChI is InChI=1S/C26H29N9O4/c36-25(20(33-26(37)38)9-17-10-27-13-28-17)34-8-6-16-3-1-5-21(19(16)11-34)39-12-18-4-2-7-35(18)24-22-23(30-14-29-22)31-15-32-24/h1,3,5,10,13-15,18,20,33H,2,4,6-9,11-12H2,(H,27,28)(H,37,38)(H,29,30,31,32)/t18-,20+/m1/s1. The van der Waals surface area contributed by atoms with Gasteiger partial charge in [-0.2, -0.15) is 0 Å². The number of aromatic nitrogens is 6. The van der Waals surface area contributed by atoms with Crippen molar-refractivity contribution < 1.29 is 19.4 Å². The molecule has 2 aliphatic heterocycles. The Balaban J connectivity index is 1.17. The van der Waals surface area contributed by atoms with Crippen LogP contribution < -0.4 is 15.0 Å². The second-order valence-corrected chi connectivity index (χ2v) is 9.79. The van der Waals surface area contributed by atoms with Crippen LogP contribution in [-0.2, 0) is 24.2 Å². The number of fused-ring (bicyclic) bond motifs is 2. The predicted octanol–water partition coefficient (Wildman–Crippen LogP) is 1.89. The lowest BCUT2D eigenvalue weighted by Gasteiger charge is -2.33. The van der Waals surface area contributed by atoms with Gasteiger partial charge in [0.05, 0.1) is 18.7 Å². The van der Waals surface area contributed by atoms with E-state index in [2.05, 4.69) is 46.2 Å². The molecule has 2 atom stereocenters. The zero-order valence-corrected chi connectivity index (χ0v) is 21.2. The minimum absolute atomic E-state index is 0.127. The number of imidazole rings is 2. The number of carbonyl (C=O) groups excluding carboxylic acids is 1. The molecule has 0 radical (unpaired) electrons. The summed E-state index contributed by atoms with van der Waals surface area (Å²) in [5, 5.41) is 11.7. The van der Waals surface area contributed by atoms with Gasteiger partial charge in [-0.1, -0.05) is 12.1 Å². The fourth-order valence-corrected chi connectivity index (χ4v) is 5.50. The number of amides is 2. The Morgan fingerprint density at radius 2 is 2.10 bits per heavy atom. The molecule has 0 unspecified atom stereocenters. The molecule has 1 saturated heterocycles. The minimum Gasteiger partial charge on any atom is -0.491 e. The van der Waals surface area contributed by atoms with Crippen LogP contribution in [0.4, 0.5) is 10.6 Å². The molecule has 2 amide bonds. The number of aromatic amines is 2. The third kappa shape index (κ3) is 5.07. The fourth-order valence-electron chi connectivity index (χ4n) is 5.50. The monoisotopic (exact) mass is 531 g/mol. The summed E-state index contributed by atoms with van der Waals surface area (Å²) in [5.74, 6) is 1.29. The van der Waals surface area contributed by atoms with E-state index < -0.39 is 12.1 Å². The van der Waals surface area contributed by atoms with Gasteiger partial charge in [-0.3, -0.25) is 4.79 Å². The van der Waals surface area contributed by atoms with Crippen molar-refractivity contribution in [3.8, 4) is 5.75 Å². The van der Waals surface area contributed by atoms with Crippen molar-refractivity contribution >= 4 is 29.0 Å². The van der Waals surface area contributed by atoms with Crippen LogP contribution >= 0.6 is 0 Å². The van der Waals surface area contributed by atoms with E-state index in [1.807, 2.05) is 12.1 Å². The van der Waals surface area contributed by atoms with Crippen molar-refractivity contribution in [1.82, 2.24) is 40.1 Å². The lowest BCUT2D eigenvalue weighted by molar-refractivity contribution is -0.134. The number of nitrogens with one attached hydrogen (secondary N) is 3. The highest BCUT2D eigenvalue weighted by molar-refractivity contribution is 5.86. The van der Waals surface area contributed by atoms with Crippen LogP contribution in [-0.4, -0.2) is 83.7 Å². The minimum atomic E-state index is -1.24. The Bertz CT molecular complexity index is 1470. The van der Waals surface area contributed by atoms with Gasteiger partial charge in [-0.25, -0.2) is 24.7 Å². The van der Waals surface area contributed by atoms with E-state index in [0.29, 0.717) is 37.5 Å². The number of hydrogen-bond acceptors (Lipinski definition) is 8. The predicted molar refractivity (Wildman–Crippen MR) is 140 cm³/mol. The number of nitrogens with zero attached hydrogens (tertiary/aromatic N) is 6. The van der Waals surface area contributed by atoms with E-state index in [-0.39, 0.29) is 18.4 Å². The third-order valence-electron chi connectivity index (χ3n) is 7.40. The summed E-state index contributed by atoms with van der Waals surface area (Å²) in [6.45, 7) is 2.18. The summed E-state index contributed by atoms with van der Waals surface area (Å²) in [6, 6.07) is 5.17. The zero-order chi connectivity index (χ0) is 26.8. The number of anilines is 1. The molecule has 5 heterocycles. The molecule has 13 heteroatoms. The van der Waals surface area contributed by atoms with Crippen LogP contribution in [0.25, 0.3) is 11.2 Å². The SMILES string of the molecule is O=C(O)N[C@@H](Cc1cnc[nH]1)C(=O)N1CCc2cccc(OC[C@H]3CCCN3c3ncnc4nc[nH]c34)c2C1. The third-order valence-corrected chi connectivity index (χ3v) is 7.40. The smallest absolute Gasteiger partial charge is 0.405 e. The number of ether oxygens (including phenoxy) is 1. The van der Waals surface area contributed by atoms with Crippen molar-refractivity contribution in [3.05, 3.63) is 60.2 Å². The Hall–Kier alpha value is -4.68. The molecule has 3 aromatic heterocycles. The number of benzene rings is 1. The zero-order valence-electron chi connectivity index (χ0n) is 21.2. The maximum atomic E-state index is 13.4. The van der Waals surface area contributed by atoms with Crippen molar-refractivity contribution in [2.24, 2.45) is 0 Å². The van der Waals surface area contributed by atoms with Crippen LogP contribution in [0.1, 0.15) is 29.7 Å². The lowest BCUT2D eigenvalue weighted by atomic mass is 9.97. The first-order valence-electron chi connectivity index (χ1n) is 13.0. The highest BCUT2D eigenvalue weighted by Crippen LogP contribution is 2.31. The molecule has 4 aromatic rings. The van der Waals surface area contributed by atoms with Gasteiger partial charge in [-0.05, 0) is 30.9 Å². The first-order chi connectivity index (χ1) is 19.1. The summed E-state index contributed by atoms with van der Waals surface area (Å²) in [4.78, 5) is 51.8. The maximum Gasteiger partial charge on any atom is 0.405 e. The number of carboxylic acid groups (broad SMARTS) is 1. The first kappa shape index (κ1) is 24.6. The summed E-state index contributed by atoms with van der Waals surface area (Å²) in [6.07, 6.45) is 7.86. The second-order valence-electron chi connectivity index (χ2n) is 9.79. The molecule has 13 nitrogen and oxygen atoms in total. The second kappa shape index (κ2) is 10.6. The quantitative estimate of drug-likeness (QED) is 0.266. The molecule has 0 aliphatic carbocycles. The summed E-state index contributed by atoms with van der Waals surface area (Å²) >= 11 is 0. The van der Waals surface area contributed by atoms with E-state index in [1.165, 1.54) is 12.7 Å². The Labute approximate surface area is 223 Å². The first-order valence-corrected chi connectivity index (χ1v) is 13.0. The highest BCUT2D eigenvalue weighted by Gasteiger charge is 2.32. The van der Waals surface area contributed by atoms with Gasteiger partial charge in [0.1, 0.15) is 30.2 Å². The molecule has 1 fully saturated rings. The molecule has 202 valence electrons. The van der Waals surface area contributed by atoms with Gasteiger partial charge in [0.2, 0.25) is 5.91 Å². The van der Waals surface area contributed by atoms with Crippen LogP contribution in [0.2, 0.25) is 0 Å². The Morgan fingerprint density at radius 3 is 2.95 bits per heavy atom. The number of rotatable bonds is 8.